The Balaban J connectivity index is 2.49. The van der Waals surface area contributed by atoms with E-state index in [1.807, 2.05) is 20.8 Å². The highest BCUT2D eigenvalue weighted by atomic mass is 32.1. The first-order chi connectivity index (χ1) is 6.03. The highest BCUT2D eigenvalue weighted by Crippen LogP contribution is 2.16. The summed E-state index contributed by atoms with van der Waals surface area (Å²) < 4.78 is 4.03. The number of nitrogens with zero attached hydrogens (tertiary/aromatic N) is 3. The molecule has 0 saturated heterocycles. The third kappa shape index (κ3) is 2.99. The highest BCUT2D eigenvalue weighted by Gasteiger charge is 2.16. The van der Waals surface area contributed by atoms with E-state index in [0.29, 0.717) is 6.54 Å². The molecule has 0 radical (unpaired) electrons. The molecule has 13 heavy (non-hydrogen) atoms. The van der Waals surface area contributed by atoms with Crippen molar-refractivity contribution >= 4 is 16.7 Å². The number of nitrogens with one attached hydrogen (secondary N) is 1. The van der Waals surface area contributed by atoms with Gasteiger partial charge < -0.3 is 5.32 Å². The molecule has 0 aliphatic rings. The van der Waals surface area contributed by atoms with Crippen molar-refractivity contribution in [3.63, 3.8) is 0 Å². The lowest BCUT2D eigenvalue weighted by Crippen LogP contribution is -2.20. The Labute approximate surface area is 81.8 Å². The molecular weight excluding hydrogens is 184 g/mol. The Morgan fingerprint density at radius 2 is 2.31 bits per heavy atom. The van der Waals surface area contributed by atoms with Crippen LogP contribution in [0.3, 0.4) is 0 Å². The van der Waals surface area contributed by atoms with Crippen LogP contribution in [-0.2, 0) is 0 Å². The molecule has 0 aliphatic carbocycles. The minimum atomic E-state index is -0.362. The maximum Gasteiger partial charge on any atom is 0.202 e. The zero-order valence-electron chi connectivity index (χ0n) is 7.96. The van der Waals surface area contributed by atoms with E-state index in [9.17, 15) is 0 Å². The Bertz CT molecular complexity index is 323. The molecule has 1 aromatic rings. The van der Waals surface area contributed by atoms with E-state index in [0.717, 1.165) is 11.0 Å². The van der Waals surface area contributed by atoms with Crippen LogP contribution in [0.4, 0.5) is 5.13 Å². The van der Waals surface area contributed by atoms with Gasteiger partial charge in [-0.1, -0.05) is 0 Å². The lowest BCUT2D eigenvalue weighted by Gasteiger charge is -2.14. The molecule has 1 heterocycles. The molecule has 4 nitrogen and oxygen atoms in total. The Hall–Kier alpha value is -1.15. The van der Waals surface area contributed by atoms with Gasteiger partial charge >= 0.3 is 0 Å². The van der Waals surface area contributed by atoms with Gasteiger partial charge in [0.25, 0.3) is 0 Å². The second kappa shape index (κ2) is 3.71. The fraction of sp³-hybridized carbons (Fsp3) is 0.625. The van der Waals surface area contributed by atoms with E-state index >= 15 is 0 Å². The normalized spacial score (nSPS) is 10.9. The zero-order chi connectivity index (χ0) is 9.90. The minimum Gasteiger partial charge on any atom is -0.359 e. The standard InChI is InChI=1S/C8H12N4S/c1-6-11-7(13-12-6)10-5-8(2,3)4-9/h5H2,1-3H3,(H,10,11,12). The van der Waals surface area contributed by atoms with Gasteiger partial charge in [0.15, 0.2) is 0 Å². The van der Waals surface area contributed by atoms with Crippen molar-refractivity contribution in [1.29, 1.82) is 5.26 Å². The molecule has 0 aliphatic heterocycles. The summed E-state index contributed by atoms with van der Waals surface area (Å²) in [4.78, 5) is 4.13. The molecule has 0 amide bonds. The van der Waals surface area contributed by atoms with Crippen LogP contribution in [0.2, 0.25) is 0 Å². The topological polar surface area (TPSA) is 61.6 Å². The molecule has 0 fully saturated rings. The summed E-state index contributed by atoms with van der Waals surface area (Å²) in [5.74, 6) is 0.766. The Morgan fingerprint density at radius 1 is 1.62 bits per heavy atom. The maximum absolute atomic E-state index is 8.75. The van der Waals surface area contributed by atoms with Crippen LogP contribution < -0.4 is 5.32 Å². The molecular formula is C8H12N4S. The fourth-order valence-corrected chi connectivity index (χ4v) is 1.27. The van der Waals surface area contributed by atoms with Gasteiger partial charge in [0, 0.05) is 18.1 Å². The third-order valence-electron chi connectivity index (χ3n) is 1.51. The number of aryl methyl sites for hydroxylation is 1. The number of nitriles is 1. The van der Waals surface area contributed by atoms with E-state index in [2.05, 4.69) is 20.7 Å². The Morgan fingerprint density at radius 3 is 2.77 bits per heavy atom. The summed E-state index contributed by atoms with van der Waals surface area (Å²) in [5, 5.41) is 12.6. The largest absolute Gasteiger partial charge is 0.359 e. The summed E-state index contributed by atoms with van der Waals surface area (Å²) in [5.41, 5.74) is -0.362. The van der Waals surface area contributed by atoms with Gasteiger partial charge in [-0.25, -0.2) is 4.98 Å². The van der Waals surface area contributed by atoms with E-state index in [1.165, 1.54) is 11.5 Å². The molecule has 1 rings (SSSR count). The quantitative estimate of drug-likeness (QED) is 0.800. The fourth-order valence-electron chi connectivity index (χ4n) is 0.705. The van der Waals surface area contributed by atoms with Crippen molar-refractivity contribution in [2.45, 2.75) is 20.8 Å². The average Bonchev–Trinajstić information content (AvgIpc) is 2.48. The van der Waals surface area contributed by atoms with Crippen LogP contribution in [0, 0.1) is 23.7 Å². The van der Waals surface area contributed by atoms with Crippen molar-refractivity contribution in [3.05, 3.63) is 5.82 Å². The summed E-state index contributed by atoms with van der Waals surface area (Å²) in [6.45, 7) is 6.21. The van der Waals surface area contributed by atoms with Crippen molar-refractivity contribution in [1.82, 2.24) is 9.36 Å². The molecule has 1 aromatic heterocycles. The maximum atomic E-state index is 8.75. The molecule has 70 valence electrons. The summed E-state index contributed by atoms with van der Waals surface area (Å²) in [6.07, 6.45) is 0. The number of hydrogen-bond donors (Lipinski definition) is 1. The smallest absolute Gasteiger partial charge is 0.202 e. The summed E-state index contributed by atoms with van der Waals surface area (Å²) in [7, 11) is 0. The van der Waals surface area contributed by atoms with Crippen LogP contribution in [0.1, 0.15) is 19.7 Å². The summed E-state index contributed by atoms with van der Waals surface area (Å²) in [6, 6.07) is 2.21. The lowest BCUT2D eigenvalue weighted by atomic mass is 9.96. The van der Waals surface area contributed by atoms with Crippen LogP contribution >= 0.6 is 11.5 Å². The first-order valence-corrected chi connectivity index (χ1v) is 4.76. The van der Waals surface area contributed by atoms with E-state index in [-0.39, 0.29) is 5.41 Å². The lowest BCUT2D eigenvalue weighted by molar-refractivity contribution is 0.528. The van der Waals surface area contributed by atoms with E-state index in [4.69, 9.17) is 5.26 Å². The molecule has 5 heteroatoms. The summed E-state index contributed by atoms with van der Waals surface area (Å²) >= 11 is 1.32. The Kier molecular flexibility index (Phi) is 2.83. The second-order valence-electron chi connectivity index (χ2n) is 3.50. The number of anilines is 1. The van der Waals surface area contributed by atoms with Crippen LogP contribution in [0.5, 0.6) is 0 Å². The van der Waals surface area contributed by atoms with Gasteiger partial charge in [-0.3, -0.25) is 0 Å². The molecule has 1 N–H and O–H groups in total. The molecule has 0 spiro atoms. The van der Waals surface area contributed by atoms with Crippen LogP contribution in [-0.4, -0.2) is 15.9 Å². The van der Waals surface area contributed by atoms with Crippen molar-refractivity contribution < 1.29 is 0 Å². The van der Waals surface area contributed by atoms with Crippen LogP contribution in [0.25, 0.3) is 0 Å². The van der Waals surface area contributed by atoms with Gasteiger partial charge in [-0.2, -0.15) is 9.64 Å². The van der Waals surface area contributed by atoms with E-state index in [1.54, 1.807) is 0 Å². The predicted octanol–water partition coefficient (Wildman–Crippen LogP) is 1.81. The van der Waals surface area contributed by atoms with Gasteiger partial charge in [-0.05, 0) is 20.8 Å². The van der Waals surface area contributed by atoms with Gasteiger partial charge in [0.05, 0.1) is 11.5 Å². The minimum absolute atomic E-state index is 0.362. The number of rotatable bonds is 3. The average molecular weight is 196 g/mol. The molecule has 0 aromatic carbocycles. The molecule has 0 bridgehead atoms. The molecule has 0 atom stereocenters. The first kappa shape index (κ1) is 9.93. The van der Waals surface area contributed by atoms with Crippen molar-refractivity contribution in [3.8, 4) is 6.07 Å². The van der Waals surface area contributed by atoms with Gasteiger partial charge in [0.2, 0.25) is 5.13 Å². The van der Waals surface area contributed by atoms with Crippen molar-refractivity contribution in [2.24, 2.45) is 5.41 Å². The predicted molar refractivity (Wildman–Crippen MR) is 52.5 cm³/mol. The second-order valence-corrected chi connectivity index (χ2v) is 4.25. The van der Waals surface area contributed by atoms with Crippen molar-refractivity contribution in [2.75, 3.05) is 11.9 Å². The van der Waals surface area contributed by atoms with Gasteiger partial charge in [0.1, 0.15) is 5.82 Å². The zero-order valence-corrected chi connectivity index (χ0v) is 8.77. The first-order valence-electron chi connectivity index (χ1n) is 3.99. The number of aromatic nitrogens is 2. The highest BCUT2D eigenvalue weighted by molar-refractivity contribution is 7.09. The monoisotopic (exact) mass is 196 g/mol. The van der Waals surface area contributed by atoms with Crippen LogP contribution in [0.15, 0.2) is 0 Å². The van der Waals surface area contributed by atoms with E-state index < -0.39 is 0 Å². The number of hydrogen-bond acceptors (Lipinski definition) is 5. The van der Waals surface area contributed by atoms with Gasteiger partial charge in [-0.15, -0.1) is 0 Å². The third-order valence-corrected chi connectivity index (χ3v) is 2.28. The molecule has 0 saturated carbocycles. The SMILES string of the molecule is Cc1nsc(NCC(C)(C)C#N)n1. The molecule has 0 unspecified atom stereocenters.